The molecule has 0 saturated carbocycles. The predicted molar refractivity (Wildman–Crippen MR) is 102 cm³/mol. The number of nitrogens with one attached hydrogen (secondary N) is 1. The molecule has 124 valence electrons. The number of fused-ring (bicyclic) bond motifs is 1. The fourth-order valence-corrected chi connectivity index (χ4v) is 3.80. The number of thioether (sulfide) groups is 1. The number of benzene rings is 2. The number of carbonyl (C=O) groups is 2. The maximum Gasteiger partial charge on any atom is 0.290 e. The Morgan fingerprint density at radius 3 is 2.72 bits per heavy atom. The van der Waals surface area contributed by atoms with Crippen LogP contribution < -0.4 is 5.32 Å². The van der Waals surface area contributed by atoms with Gasteiger partial charge in [-0.15, -0.1) is 0 Å². The monoisotopic (exact) mass is 368 g/mol. The van der Waals surface area contributed by atoms with Gasteiger partial charge in [0, 0.05) is 34.2 Å². The minimum Gasteiger partial charge on any atom is -0.342 e. The quantitative estimate of drug-likeness (QED) is 0.683. The van der Waals surface area contributed by atoms with Crippen molar-refractivity contribution in [2.75, 3.05) is 0 Å². The summed E-state index contributed by atoms with van der Waals surface area (Å²) in [5.41, 5.74) is 3.06. The zero-order valence-electron chi connectivity index (χ0n) is 13.0. The van der Waals surface area contributed by atoms with E-state index in [-0.39, 0.29) is 11.1 Å². The fourth-order valence-electron chi connectivity index (χ4n) is 2.92. The van der Waals surface area contributed by atoms with Crippen LogP contribution in [-0.2, 0) is 11.3 Å². The minimum absolute atomic E-state index is 0.334. The van der Waals surface area contributed by atoms with Crippen LogP contribution in [0.15, 0.2) is 59.6 Å². The number of nitrogens with zero attached hydrogens (tertiary/aromatic N) is 1. The van der Waals surface area contributed by atoms with Crippen LogP contribution in [0.1, 0.15) is 11.1 Å². The summed E-state index contributed by atoms with van der Waals surface area (Å²) in [5, 5.41) is 3.68. The molecule has 0 unspecified atom stereocenters. The number of carbonyl (C=O) groups excluding carboxylic acids is 2. The van der Waals surface area contributed by atoms with Gasteiger partial charge in [0.05, 0.1) is 4.91 Å². The van der Waals surface area contributed by atoms with Crippen molar-refractivity contribution in [1.82, 2.24) is 9.88 Å². The van der Waals surface area contributed by atoms with Crippen molar-refractivity contribution in [2.45, 2.75) is 6.54 Å². The highest BCUT2D eigenvalue weighted by molar-refractivity contribution is 8.18. The van der Waals surface area contributed by atoms with Crippen molar-refractivity contribution in [3.8, 4) is 0 Å². The van der Waals surface area contributed by atoms with E-state index in [1.807, 2.05) is 54.7 Å². The van der Waals surface area contributed by atoms with Gasteiger partial charge in [-0.25, -0.2) is 0 Å². The molecule has 1 aliphatic rings. The lowest BCUT2D eigenvalue weighted by Crippen LogP contribution is -2.17. The van der Waals surface area contributed by atoms with Gasteiger partial charge in [0.15, 0.2) is 0 Å². The molecule has 4 nitrogen and oxygen atoms in total. The summed E-state index contributed by atoms with van der Waals surface area (Å²) in [5.74, 6) is -0.346. The second-order valence-electron chi connectivity index (χ2n) is 5.71. The largest absolute Gasteiger partial charge is 0.342 e. The molecule has 0 atom stereocenters. The molecule has 0 bridgehead atoms. The molecule has 0 spiro atoms. The number of aromatic nitrogens is 1. The molecule has 25 heavy (non-hydrogen) atoms. The van der Waals surface area contributed by atoms with Gasteiger partial charge in [-0.05, 0) is 41.6 Å². The van der Waals surface area contributed by atoms with Crippen LogP contribution in [-0.4, -0.2) is 15.7 Å². The van der Waals surface area contributed by atoms with Crippen molar-refractivity contribution in [3.63, 3.8) is 0 Å². The van der Waals surface area contributed by atoms with Gasteiger partial charge < -0.3 is 4.57 Å². The van der Waals surface area contributed by atoms with Crippen molar-refractivity contribution < 1.29 is 9.59 Å². The summed E-state index contributed by atoms with van der Waals surface area (Å²) >= 11 is 7.01. The van der Waals surface area contributed by atoms with Crippen LogP contribution in [0.4, 0.5) is 4.79 Å². The van der Waals surface area contributed by atoms with Crippen molar-refractivity contribution in [3.05, 3.63) is 75.8 Å². The molecule has 2 aromatic carbocycles. The van der Waals surface area contributed by atoms with E-state index in [0.717, 1.165) is 33.8 Å². The summed E-state index contributed by atoms with van der Waals surface area (Å²) in [7, 11) is 0. The number of imide groups is 1. The lowest BCUT2D eigenvalue weighted by molar-refractivity contribution is -0.115. The van der Waals surface area contributed by atoms with Crippen LogP contribution in [0.2, 0.25) is 5.02 Å². The number of para-hydroxylation sites is 1. The molecule has 1 aliphatic heterocycles. The number of rotatable bonds is 3. The molecule has 1 saturated heterocycles. The Bertz CT molecular complexity index is 1040. The first kappa shape index (κ1) is 16.0. The highest BCUT2D eigenvalue weighted by atomic mass is 35.5. The Kier molecular flexibility index (Phi) is 4.11. The fraction of sp³-hybridized carbons (Fsp3) is 0.0526. The highest BCUT2D eigenvalue weighted by Gasteiger charge is 2.25. The normalized spacial score (nSPS) is 16.0. The lowest BCUT2D eigenvalue weighted by atomic mass is 10.1. The van der Waals surface area contributed by atoms with Crippen LogP contribution in [0.5, 0.6) is 0 Å². The molecule has 2 amide bonds. The molecular formula is C19H13ClN2O2S. The topological polar surface area (TPSA) is 51.1 Å². The Labute approximate surface area is 153 Å². The molecule has 6 heteroatoms. The number of amides is 2. The van der Waals surface area contributed by atoms with Crippen LogP contribution in [0.25, 0.3) is 17.0 Å². The van der Waals surface area contributed by atoms with Gasteiger partial charge in [0.1, 0.15) is 0 Å². The Morgan fingerprint density at radius 2 is 1.96 bits per heavy atom. The van der Waals surface area contributed by atoms with Crippen molar-refractivity contribution in [1.29, 1.82) is 0 Å². The molecule has 1 N–H and O–H groups in total. The second kappa shape index (κ2) is 6.43. The van der Waals surface area contributed by atoms with Crippen LogP contribution >= 0.6 is 23.4 Å². The third kappa shape index (κ3) is 3.21. The van der Waals surface area contributed by atoms with E-state index < -0.39 is 0 Å². The Morgan fingerprint density at radius 1 is 1.12 bits per heavy atom. The van der Waals surface area contributed by atoms with E-state index in [4.69, 9.17) is 11.6 Å². The van der Waals surface area contributed by atoms with E-state index in [9.17, 15) is 9.59 Å². The zero-order chi connectivity index (χ0) is 17.4. The van der Waals surface area contributed by atoms with E-state index in [0.29, 0.717) is 16.5 Å². The Hall–Kier alpha value is -2.50. The number of hydrogen-bond donors (Lipinski definition) is 1. The molecule has 0 radical (unpaired) electrons. The van der Waals surface area contributed by atoms with Gasteiger partial charge in [-0.1, -0.05) is 41.9 Å². The maximum absolute atomic E-state index is 11.8. The molecule has 1 fully saturated rings. The maximum atomic E-state index is 11.8. The van der Waals surface area contributed by atoms with Gasteiger partial charge >= 0.3 is 0 Å². The van der Waals surface area contributed by atoms with Crippen molar-refractivity contribution in [2.24, 2.45) is 0 Å². The molecule has 2 heterocycles. The van der Waals surface area contributed by atoms with Crippen molar-refractivity contribution >= 4 is 51.5 Å². The molecule has 3 aromatic rings. The summed E-state index contributed by atoms with van der Waals surface area (Å²) in [6.07, 6.45) is 3.76. The number of halogens is 1. The molecular weight excluding hydrogens is 356 g/mol. The van der Waals surface area contributed by atoms with Gasteiger partial charge in [0.25, 0.3) is 11.1 Å². The van der Waals surface area contributed by atoms with E-state index >= 15 is 0 Å². The summed E-state index contributed by atoms with van der Waals surface area (Å²) in [6.45, 7) is 0.669. The summed E-state index contributed by atoms with van der Waals surface area (Å²) < 4.78 is 2.12. The third-order valence-electron chi connectivity index (χ3n) is 3.99. The second-order valence-corrected chi connectivity index (χ2v) is 7.16. The van der Waals surface area contributed by atoms with E-state index in [1.54, 1.807) is 6.08 Å². The minimum atomic E-state index is -0.346. The summed E-state index contributed by atoms with van der Waals surface area (Å²) in [6, 6.07) is 15.7. The standard InChI is InChI=1S/C19H13ClN2O2S/c20-14-5-3-4-12(8-14)10-22-11-13(15-6-1-2-7-16(15)22)9-17-18(23)21-19(24)25-17/h1-9,11H,10H2,(H,21,23,24)/b17-9-. The average Bonchev–Trinajstić information content (AvgIpc) is 3.08. The van der Waals surface area contributed by atoms with Gasteiger partial charge in [-0.2, -0.15) is 0 Å². The lowest BCUT2D eigenvalue weighted by Gasteiger charge is -2.05. The average molecular weight is 369 g/mol. The SMILES string of the molecule is O=C1NC(=O)/C(=C/c2cn(Cc3cccc(Cl)c3)c3ccccc23)S1. The zero-order valence-corrected chi connectivity index (χ0v) is 14.6. The molecule has 4 rings (SSSR count). The molecule has 1 aromatic heterocycles. The Balaban J connectivity index is 1.78. The van der Waals surface area contributed by atoms with Gasteiger partial charge in [0.2, 0.25) is 0 Å². The van der Waals surface area contributed by atoms with Gasteiger partial charge in [-0.3, -0.25) is 14.9 Å². The first-order valence-electron chi connectivity index (χ1n) is 7.67. The molecule has 0 aliphatic carbocycles. The highest BCUT2D eigenvalue weighted by Crippen LogP contribution is 2.30. The predicted octanol–water partition coefficient (Wildman–Crippen LogP) is 4.67. The number of hydrogen-bond acceptors (Lipinski definition) is 3. The van der Waals surface area contributed by atoms with Crippen LogP contribution in [0.3, 0.4) is 0 Å². The van der Waals surface area contributed by atoms with E-state index in [1.165, 1.54) is 0 Å². The third-order valence-corrected chi connectivity index (χ3v) is 5.04. The first-order valence-corrected chi connectivity index (χ1v) is 8.87. The first-order chi connectivity index (χ1) is 12.1. The summed E-state index contributed by atoms with van der Waals surface area (Å²) in [4.78, 5) is 23.6. The van der Waals surface area contributed by atoms with Crippen LogP contribution in [0, 0.1) is 0 Å². The van der Waals surface area contributed by atoms with E-state index in [2.05, 4.69) is 9.88 Å². The smallest absolute Gasteiger partial charge is 0.290 e.